The van der Waals surface area contributed by atoms with E-state index in [-0.39, 0.29) is 23.8 Å². The van der Waals surface area contributed by atoms with Crippen LogP contribution in [0.25, 0.3) is 0 Å². The number of hydrogen-bond donors (Lipinski definition) is 1. The molecule has 1 atom stereocenters. The van der Waals surface area contributed by atoms with E-state index in [0.29, 0.717) is 12.5 Å². The third-order valence-electron chi connectivity index (χ3n) is 6.03. The molecule has 2 amide bonds. The van der Waals surface area contributed by atoms with Crippen molar-refractivity contribution >= 4 is 11.8 Å². The SMILES string of the molecule is CC(C)C(=O)N1CCN(C(C(=O)NCCc2ccccn2)C2CCCC2)CC1. The number of nitrogens with one attached hydrogen (secondary N) is 1. The van der Waals surface area contributed by atoms with Gasteiger partial charge in [0.15, 0.2) is 0 Å². The van der Waals surface area contributed by atoms with E-state index in [9.17, 15) is 9.59 Å². The van der Waals surface area contributed by atoms with Gasteiger partial charge in [-0.1, -0.05) is 32.8 Å². The minimum Gasteiger partial charge on any atom is -0.354 e. The Morgan fingerprint density at radius 3 is 2.46 bits per heavy atom. The second-order valence-electron chi connectivity index (χ2n) is 8.37. The maximum Gasteiger partial charge on any atom is 0.237 e. The third kappa shape index (κ3) is 5.31. The number of piperazine rings is 1. The fourth-order valence-electron chi connectivity index (χ4n) is 4.50. The smallest absolute Gasteiger partial charge is 0.237 e. The van der Waals surface area contributed by atoms with Crippen molar-refractivity contribution in [3.63, 3.8) is 0 Å². The molecule has 1 aliphatic carbocycles. The first kappa shape index (κ1) is 20.8. The van der Waals surface area contributed by atoms with Gasteiger partial charge in [0.2, 0.25) is 11.8 Å². The van der Waals surface area contributed by atoms with Gasteiger partial charge in [-0.05, 0) is 30.9 Å². The second kappa shape index (κ2) is 10.0. The van der Waals surface area contributed by atoms with Gasteiger partial charge in [0.1, 0.15) is 0 Å². The number of amides is 2. The summed E-state index contributed by atoms with van der Waals surface area (Å²) in [6.45, 7) is 7.53. The van der Waals surface area contributed by atoms with E-state index in [4.69, 9.17) is 0 Å². The van der Waals surface area contributed by atoms with Crippen molar-refractivity contribution in [2.24, 2.45) is 11.8 Å². The highest BCUT2D eigenvalue weighted by atomic mass is 16.2. The number of aromatic nitrogens is 1. The van der Waals surface area contributed by atoms with Crippen molar-refractivity contribution < 1.29 is 9.59 Å². The van der Waals surface area contributed by atoms with Crippen molar-refractivity contribution in [1.29, 1.82) is 0 Å². The van der Waals surface area contributed by atoms with Gasteiger partial charge in [0.25, 0.3) is 0 Å². The van der Waals surface area contributed by atoms with Crippen LogP contribution in [0.1, 0.15) is 45.2 Å². The maximum atomic E-state index is 13.1. The Morgan fingerprint density at radius 1 is 1.14 bits per heavy atom. The summed E-state index contributed by atoms with van der Waals surface area (Å²) in [6.07, 6.45) is 7.23. The van der Waals surface area contributed by atoms with Gasteiger partial charge in [0.05, 0.1) is 6.04 Å². The Morgan fingerprint density at radius 2 is 1.86 bits per heavy atom. The van der Waals surface area contributed by atoms with Crippen LogP contribution in [0.2, 0.25) is 0 Å². The van der Waals surface area contributed by atoms with E-state index in [0.717, 1.165) is 51.1 Å². The van der Waals surface area contributed by atoms with Gasteiger partial charge in [-0.2, -0.15) is 0 Å². The molecule has 0 spiro atoms. The van der Waals surface area contributed by atoms with Gasteiger partial charge in [0, 0.05) is 57.0 Å². The lowest BCUT2D eigenvalue weighted by Crippen LogP contribution is -2.58. The lowest BCUT2D eigenvalue weighted by atomic mass is 9.94. The van der Waals surface area contributed by atoms with Crippen LogP contribution in [0.4, 0.5) is 0 Å². The van der Waals surface area contributed by atoms with Gasteiger partial charge in [-0.25, -0.2) is 0 Å². The predicted molar refractivity (Wildman–Crippen MR) is 110 cm³/mol. The van der Waals surface area contributed by atoms with Crippen molar-refractivity contribution in [2.75, 3.05) is 32.7 Å². The van der Waals surface area contributed by atoms with Gasteiger partial charge >= 0.3 is 0 Å². The first-order valence-corrected chi connectivity index (χ1v) is 10.8. The topological polar surface area (TPSA) is 65.5 Å². The molecular weight excluding hydrogens is 352 g/mol. The van der Waals surface area contributed by atoms with Crippen molar-refractivity contribution in [2.45, 2.75) is 52.0 Å². The number of carbonyl (C=O) groups is 2. The Hall–Kier alpha value is -1.95. The molecule has 2 fully saturated rings. The fraction of sp³-hybridized carbons (Fsp3) is 0.682. The Balaban J connectivity index is 1.56. The summed E-state index contributed by atoms with van der Waals surface area (Å²) < 4.78 is 0. The summed E-state index contributed by atoms with van der Waals surface area (Å²) in [5.41, 5.74) is 1.00. The van der Waals surface area contributed by atoms with E-state index in [1.54, 1.807) is 6.20 Å². The van der Waals surface area contributed by atoms with E-state index >= 15 is 0 Å². The predicted octanol–water partition coefficient (Wildman–Crippen LogP) is 2.10. The van der Waals surface area contributed by atoms with Crippen molar-refractivity contribution in [3.8, 4) is 0 Å². The van der Waals surface area contributed by atoms with E-state index < -0.39 is 0 Å². The fourth-order valence-corrected chi connectivity index (χ4v) is 4.50. The van der Waals surface area contributed by atoms with Crippen LogP contribution >= 0.6 is 0 Å². The minimum absolute atomic E-state index is 0.0343. The number of hydrogen-bond acceptors (Lipinski definition) is 4. The summed E-state index contributed by atoms with van der Waals surface area (Å²) in [7, 11) is 0. The van der Waals surface area contributed by atoms with E-state index in [1.807, 2.05) is 36.9 Å². The average Bonchev–Trinajstić information content (AvgIpc) is 3.23. The molecule has 1 N–H and O–H groups in total. The highest BCUT2D eigenvalue weighted by Gasteiger charge is 2.37. The summed E-state index contributed by atoms with van der Waals surface area (Å²) in [4.78, 5) is 33.9. The highest BCUT2D eigenvalue weighted by Crippen LogP contribution is 2.31. The summed E-state index contributed by atoms with van der Waals surface area (Å²) in [5.74, 6) is 0.831. The molecule has 0 aromatic carbocycles. The molecule has 1 aliphatic heterocycles. The van der Waals surface area contributed by atoms with Crippen LogP contribution in [0.5, 0.6) is 0 Å². The van der Waals surface area contributed by atoms with Crippen LogP contribution in [0.3, 0.4) is 0 Å². The van der Waals surface area contributed by atoms with E-state index in [1.165, 1.54) is 12.8 Å². The number of nitrogens with zero attached hydrogens (tertiary/aromatic N) is 3. The molecule has 2 heterocycles. The zero-order valence-electron chi connectivity index (χ0n) is 17.3. The number of carbonyl (C=O) groups excluding carboxylic acids is 2. The molecular formula is C22H34N4O2. The molecule has 0 bridgehead atoms. The number of pyridine rings is 1. The molecule has 6 heteroatoms. The molecule has 1 saturated carbocycles. The zero-order chi connectivity index (χ0) is 19.9. The van der Waals surface area contributed by atoms with Gasteiger partial charge in [-0.15, -0.1) is 0 Å². The zero-order valence-corrected chi connectivity index (χ0v) is 17.3. The molecule has 28 heavy (non-hydrogen) atoms. The van der Waals surface area contributed by atoms with Crippen molar-refractivity contribution in [1.82, 2.24) is 20.1 Å². The molecule has 6 nitrogen and oxygen atoms in total. The first-order valence-electron chi connectivity index (χ1n) is 10.8. The monoisotopic (exact) mass is 386 g/mol. The molecule has 2 aliphatic rings. The molecule has 154 valence electrons. The minimum atomic E-state index is -0.0671. The van der Waals surface area contributed by atoms with E-state index in [2.05, 4.69) is 15.2 Å². The van der Waals surface area contributed by atoms with Crippen LogP contribution in [-0.4, -0.2) is 65.4 Å². The number of rotatable bonds is 7. The molecule has 1 aromatic heterocycles. The third-order valence-corrected chi connectivity index (χ3v) is 6.03. The Kier molecular flexibility index (Phi) is 7.43. The van der Waals surface area contributed by atoms with Gasteiger partial charge in [-0.3, -0.25) is 19.5 Å². The van der Waals surface area contributed by atoms with Crippen LogP contribution < -0.4 is 5.32 Å². The second-order valence-corrected chi connectivity index (χ2v) is 8.37. The summed E-state index contributed by atoms with van der Waals surface area (Å²) in [5, 5.41) is 3.16. The van der Waals surface area contributed by atoms with Crippen LogP contribution in [-0.2, 0) is 16.0 Å². The molecule has 1 aromatic rings. The molecule has 0 radical (unpaired) electrons. The molecule has 3 rings (SSSR count). The summed E-state index contributed by atoms with van der Waals surface area (Å²) in [6, 6.07) is 5.80. The summed E-state index contributed by atoms with van der Waals surface area (Å²) >= 11 is 0. The van der Waals surface area contributed by atoms with Gasteiger partial charge < -0.3 is 10.2 Å². The Bertz CT molecular complexity index is 635. The quantitative estimate of drug-likeness (QED) is 0.779. The van der Waals surface area contributed by atoms with Crippen LogP contribution in [0.15, 0.2) is 24.4 Å². The van der Waals surface area contributed by atoms with Crippen molar-refractivity contribution in [3.05, 3.63) is 30.1 Å². The lowest BCUT2D eigenvalue weighted by Gasteiger charge is -2.41. The highest BCUT2D eigenvalue weighted by molar-refractivity contribution is 5.82. The van der Waals surface area contributed by atoms with Crippen LogP contribution in [0, 0.1) is 11.8 Å². The lowest BCUT2D eigenvalue weighted by molar-refractivity contribution is -0.138. The Labute approximate surface area is 168 Å². The standard InChI is InChI=1S/C22H34N4O2/c1-17(2)22(28)26-15-13-25(14-16-26)20(18-7-3-4-8-18)21(27)24-12-10-19-9-5-6-11-23-19/h5-6,9,11,17-18,20H,3-4,7-8,10,12-16H2,1-2H3,(H,24,27). The molecule has 1 unspecified atom stereocenters. The molecule has 1 saturated heterocycles. The largest absolute Gasteiger partial charge is 0.354 e. The maximum absolute atomic E-state index is 13.1. The normalized spacial score (nSPS) is 19.8. The first-order chi connectivity index (χ1) is 13.6. The average molecular weight is 387 g/mol.